The number of ether oxygens (including phenoxy) is 1. The van der Waals surface area contributed by atoms with E-state index in [4.69, 9.17) is 4.74 Å². The van der Waals surface area contributed by atoms with Gasteiger partial charge in [0.2, 0.25) is 0 Å². The number of methoxy groups -OCH3 is 1. The van der Waals surface area contributed by atoms with Gasteiger partial charge in [-0.15, -0.1) is 11.3 Å². The van der Waals surface area contributed by atoms with Crippen LogP contribution in [0.25, 0.3) is 10.6 Å². The lowest BCUT2D eigenvalue weighted by molar-refractivity contribution is 0.413. The Morgan fingerprint density at radius 1 is 1.40 bits per heavy atom. The van der Waals surface area contributed by atoms with Crippen molar-refractivity contribution in [2.75, 3.05) is 14.2 Å². The minimum absolute atomic E-state index is 0.294. The molecule has 0 atom stereocenters. The molecule has 0 spiro atoms. The summed E-state index contributed by atoms with van der Waals surface area (Å²) in [6, 6.07) is 4.85. The number of nitrogens with zero attached hydrogens (tertiary/aromatic N) is 1. The maximum Gasteiger partial charge on any atom is 0.137 e. The molecule has 108 valence electrons. The van der Waals surface area contributed by atoms with Gasteiger partial charge in [0.25, 0.3) is 0 Å². The molecule has 0 aliphatic rings. The molecule has 0 fully saturated rings. The lowest BCUT2D eigenvalue weighted by Crippen LogP contribution is -2.05. The van der Waals surface area contributed by atoms with Crippen LogP contribution in [0, 0.1) is 5.82 Å². The maximum absolute atomic E-state index is 14.1. The first-order chi connectivity index (χ1) is 9.71. The third-order valence-corrected chi connectivity index (χ3v) is 4.13. The third-order valence-electron chi connectivity index (χ3n) is 3.01. The number of rotatable bonds is 6. The summed E-state index contributed by atoms with van der Waals surface area (Å²) in [6.07, 6.45) is 1.93. The van der Waals surface area contributed by atoms with Gasteiger partial charge in [0.1, 0.15) is 16.6 Å². The van der Waals surface area contributed by atoms with Gasteiger partial charge in [-0.1, -0.05) is 19.4 Å². The first kappa shape index (κ1) is 14.9. The Bertz CT molecular complexity index is 560. The van der Waals surface area contributed by atoms with Crippen molar-refractivity contribution < 1.29 is 9.13 Å². The van der Waals surface area contributed by atoms with Crippen molar-refractivity contribution in [3.05, 3.63) is 34.6 Å². The zero-order valence-corrected chi connectivity index (χ0v) is 12.8. The van der Waals surface area contributed by atoms with Crippen LogP contribution < -0.4 is 10.1 Å². The van der Waals surface area contributed by atoms with Crippen molar-refractivity contribution in [2.45, 2.75) is 26.3 Å². The fourth-order valence-electron chi connectivity index (χ4n) is 2.10. The van der Waals surface area contributed by atoms with Crippen LogP contribution in [0.2, 0.25) is 0 Å². The molecule has 0 aliphatic carbocycles. The summed E-state index contributed by atoms with van der Waals surface area (Å²) >= 11 is 1.53. The van der Waals surface area contributed by atoms with Gasteiger partial charge in [-0.25, -0.2) is 9.37 Å². The molecule has 0 bridgehead atoms. The highest BCUT2D eigenvalue weighted by molar-refractivity contribution is 7.15. The molecule has 0 amide bonds. The van der Waals surface area contributed by atoms with Crippen LogP contribution >= 0.6 is 11.3 Å². The summed E-state index contributed by atoms with van der Waals surface area (Å²) in [5, 5.41) is 3.82. The van der Waals surface area contributed by atoms with E-state index in [0.29, 0.717) is 16.3 Å². The quantitative estimate of drug-likeness (QED) is 0.883. The minimum atomic E-state index is -0.294. The fourth-order valence-corrected chi connectivity index (χ4v) is 3.27. The molecule has 1 aromatic carbocycles. The highest BCUT2D eigenvalue weighted by atomic mass is 32.1. The highest BCUT2D eigenvalue weighted by Gasteiger charge is 2.18. The smallest absolute Gasteiger partial charge is 0.137 e. The number of benzene rings is 1. The van der Waals surface area contributed by atoms with E-state index in [2.05, 4.69) is 17.2 Å². The van der Waals surface area contributed by atoms with Gasteiger partial charge in [-0.3, -0.25) is 0 Å². The van der Waals surface area contributed by atoms with Crippen LogP contribution in [-0.4, -0.2) is 19.1 Å². The molecule has 5 heteroatoms. The zero-order valence-electron chi connectivity index (χ0n) is 12.0. The molecule has 1 aromatic heterocycles. The number of hydrogen-bond acceptors (Lipinski definition) is 4. The Labute approximate surface area is 122 Å². The number of halogens is 1. The van der Waals surface area contributed by atoms with Gasteiger partial charge in [0, 0.05) is 11.4 Å². The van der Waals surface area contributed by atoms with Crippen LogP contribution in [-0.2, 0) is 13.0 Å². The molecule has 3 nitrogen and oxygen atoms in total. The van der Waals surface area contributed by atoms with Gasteiger partial charge in [-0.05, 0) is 25.6 Å². The molecule has 20 heavy (non-hydrogen) atoms. The number of aryl methyl sites for hydroxylation is 1. The SMILES string of the molecule is CCCc1nc(-c2c(F)cccc2OC)sc1CNC. The predicted molar refractivity (Wildman–Crippen MR) is 80.8 cm³/mol. The van der Waals surface area contributed by atoms with Gasteiger partial charge >= 0.3 is 0 Å². The molecule has 1 heterocycles. The van der Waals surface area contributed by atoms with Gasteiger partial charge in [-0.2, -0.15) is 0 Å². The monoisotopic (exact) mass is 294 g/mol. The van der Waals surface area contributed by atoms with Gasteiger partial charge < -0.3 is 10.1 Å². The molecular formula is C15H19FN2OS. The van der Waals surface area contributed by atoms with Crippen LogP contribution in [0.1, 0.15) is 23.9 Å². The average Bonchev–Trinajstić information content (AvgIpc) is 2.82. The van der Waals surface area contributed by atoms with Crippen molar-refractivity contribution in [2.24, 2.45) is 0 Å². The molecule has 0 unspecified atom stereocenters. The van der Waals surface area contributed by atoms with Crippen LogP contribution in [0.5, 0.6) is 5.75 Å². The van der Waals surface area contributed by atoms with E-state index in [1.807, 2.05) is 7.05 Å². The van der Waals surface area contributed by atoms with E-state index in [-0.39, 0.29) is 5.82 Å². The summed E-state index contributed by atoms with van der Waals surface area (Å²) in [5.74, 6) is 0.231. The molecule has 2 aromatic rings. The van der Waals surface area contributed by atoms with E-state index in [0.717, 1.165) is 30.0 Å². The summed E-state index contributed by atoms with van der Waals surface area (Å²) in [6.45, 7) is 2.87. The molecule has 2 rings (SSSR count). The first-order valence-electron chi connectivity index (χ1n) is 6.67. The molecule has 0 saturated carbocycles. The van der Waals surface area contributed by atoms with Gasteiger partial charge in [0.05, 0.1) is 18.4 Å². The highest BCUT2D eigenvalue weighted by Crippen LogP contribution is 2.36. The zero-order chi connectivity index (χ0) is 14.5. The second-order valence-electron chi connectivity index (χ2n) is 4.49. The summed E-state index contributed by atoms with van der Waals surface area (Å²) in [7, 11) is 3.45. The first-order valence-corrected chi connectivity index (χ1v) is 7.49. The summed E-state index contributed by atoms with van der Waals surface area (Å²) in [4.78, 5) is 5.78. The predicted octanol–water partition coefficient (Wildman–Crippen LogP) is 3.63. The normalized spacial score (nSPS) is 10.8. The van der Waals surface area contributed by atoms with E-state index in [1.165, 1.54) is 17.4 Å². The second kappa shape index (κ2) is 6.81. The Balaban J connectivity index is 2.50. The third kappa shape index (κ3) is 2.99. The largest absolute Gasteiger partial charge is 0.496 e. The van der Waals surface area contributed by atoms with Crippen molar-refractivity contribution in [1.82, 2.24) is 10.3 Å². The Morgan fingerprint density at radius 2 is 2.20 bits per heavy atom. The fraction of sp³-hybridized carbons (Fsp3) is 0.400. The lowest BCUT2D eigenvalue weighted by atomic mass is 10.2. The second-order valence-corrected chi connectivity index (χ2v) is 5.57. The molecular weight excluding hydrogens is 275 g/mol. The summed E-state index contributed by atoms with van der Waals surface area (Å²) < 4.78 is 19.4. The summed E-state index contributed by atoms with van der Waals surface area (Å²) in [5.41, 5.74) is 1.51. The van der Waals surface area contributed by atoms with E-state index < -0.39 is 0 Å². The lowest BCUT2D eigenvalue weighted by Gasteiger charge is -2.06. The van der Waals surface area contributed by atoms with E-state index >= 15 is 0 Å². The standard InChI is InChI=1S/C15H19FN2OS/c1-4-6-11-13(9-17-2)20-15(18-11)14-10(16)7-5-8-12(14)19-3/h5,7-8,17H,4,6,9H2,1-3H3. The molecule has 0 saturated heterocycles. The number of nitrogens with one attached hydrogen (secondary N) is 1. The van der Waals surface area contributed by atoms with Crippen molar-refractivity contribution in [3.63, 3.8) is 0 Å². The number of thiazole rings is 1. The van der Waals surface area contributed by atoms with Crippen LogP contribution in [0.3, 0.4) is 0 Å². The molecule has 0 radical (unpaired) electrons. The van der Waals surface area contributed by atoms with E-state index in [9.17, 15) is 4.39 Å². The van der Waals surface area contributed by atoms with Crippen molar-refractivity contribution in [3.8, 4) is 16.3 Å². The van der Waals surface area contributed by atoms with Crippen molar-refractivity contribution >= 4 is 11.3 Å². The molecule has 1 N–H and O–H groups in total. The van der Waals surface area contributed by atoms with Crippen molar-refractivity contribution in [1.29, 1.82) is 0 Å². The molecule has 0 aliphatic heterocycles. The average molecular weight is 294 g/mol. The Hall–Kier alpha value is -1.46. The number of aromatic nitrogens is 1. The number of hydrogen-bond donors (Lipinski definition) is 1. The Kier molecular flexibility index (Phi) is 5.09. The van der Waals surface area contributed by atoms with Crippen LogP contribution in [0.4, 0.5) is 4.39 Å². The van der Waals surface area contributed by atoms with Gasteiger partial charge in [0.15, 0.2) is 0 Å². The van der Waals surface area contributed by atoms with Crippen LogP contribution in [0.15, 0.2) is 18.2 Å². The Morgan fingerprint density at radius 3 is 2.85 bits per heavy atom. The minimum Gasteiger partial charge on any atom is -0.496 e. The maximum atomic E-state index is 14.1. The van der Waals surface area contributed by atoms with E-state index in [1.54, 1.807) is 19.2 Å². The topological polar surface area (TPSA) is 34.1 Å².